The fourth-order valence-electron chi connectivity index (χ4n) is 2.55. The molecule has 1 amide bonds. The van der Waals surface area contributed by atoms with Gasteiger partial charge in [0.2, 0.25) is 0 Å². The zero-order valence-corrected chi connectivity index (χ0v) is 14.0. The summed E-state index contributed by atoms with van der Waals surface area (Å²) in [4.78, 5) is 25.1. The average Bonchev–Trinajstić information content (AvgIpc) is 2.99. The van der Waals surface area contributed by atoms with E-state index in [2.05, 4.69) is 21.2 Å². The summed E-state index contributed by atoms with van der Waals surface area (Å²) in [6, 6.07) is 5.25. The van der Waals surface area contributed by atoms with Crippen LogP contribution in [0.15, 0.2) is 33.4 Å². The molecule has 1 aromatic heterocycles. The van der Waals surface area contributed by atoms with E-state index < -0.39 is 17.5 Å². The van der Waals surface area contributed by atoms with Crippen LogP contribution in [0.1, 0.15) is 23.4 Å². The lowest BCUT2D eigenvalue weighted by molar-refractivity contribution is -0.119. The van der Waals surface area contributed by atoms with Gasteiger partial charge in [-0.3, -0.25) is 9.59 Å². The first kappa shape index (κ1) is 16.6. The second-order valence-electron chi connectivity index (χ2n) is 5.34. The third-order valence-corrected chi connectivity index (χ3v) is 4.18. The number of nitrogens with zero attached hydrogens (tertiary/aromatic N) is 1. The molecule has 5 nitrogen and oxygen atoms in total. The summed E-state index contributed by atoms with van der Waals surface area (Å²) in [5.41, 5.74) is 0.0715. The SMILES string of the molecule is O=C1CCN(c2c(NC(=O)c3ccc(Br)o3)ccc(F)c2F)CC1. The molecule has 0 bridgehead atoms. The molecule has 3 rings (SSSR count). The molecule has 1 fully saturated rings. The predicted octanol–water partition coefficient (Wildman–Crippen LogP) is 3.74. The lowest BCUT2D eigenvalue weighted by Crippen LogP contribution is -2.35. The monoisotopic (exact) mass is 398 g/mol. The molecule has 1 N–H and O–H groups in total. The van der Waals surface area contributed by atoms with Crippen LogP contribution in [0.4, 0.5) is 20.2 Å². The normalized spacial score (nSPS) is 14.8. The summed E-state index contributed by atoms with van der Waals surface area (Å²) in [5.74, 6) is -2.54. The van der Waals surface area contributed by atoms with E-state index in [0.29, 0.717) is 4.67 Å². The van der Waals surface area contributed by atoms with Crippen LogP contribution in [-0.2, 0) is 4.79 Å². The Balaban J connectivity index is 1.91. The number of amides is 1. The summed E-state index contributed by atoms with van der Waals surface area (Å²) in [5, 5.41) is 2.53. The Bertz CT molecular complexity index is 797. The van der Waals surface area contributed by atoms with Crippen molar-refractivity contribution in [1.82, 2.24) is 0 Å². The zero-order chi connectivity index (χ0) is 17.3. The first-order valence-corrected chi connectivity index (χ1v) is 8.06. The van der Waals surface area contributed by atoms with E-state index in [1.54, 1.807) is 11.0 Å². The Labute approximate surface area is 144 Å². The summed E-state index contributed by atoms with van der Waals surface area (Å²) in [7, 11) is 0. The number of carbonyl (C=O) groups excluding carboxylic acids is 2. The maximum atomic E-state index is 14.3. The molecule has 2 heterocycles. The molecule has 0 saturated carbocycles. The van der Waals surface area contributed by atoms with E-state index in [1.165, 1.54) is 12.1 Å². The van der Waals surface area contributed by atoms with E-state index in [4.69, 9.17) is 4.42 Å². The standard InChI is InChI=1S/C16H13BrF2N2O3/c17-13-4-3-12(24-13)16(23)20-11-2-1-10(18)14(19)15(11)21-7-5-9(22)6-8-21/h1-4H,5-8H2,(H,20,23). The Morgan fingerprint density at radius 1 is 1.17 bits per heavy atom. The highest BCUT2D eigenvalue weighted by molar-refractivity contribution is 9.10. The Hall–Kier alpha value is -2.22. The van der Waals surface area contributed by atoms with E-state index >= 15 is 0 Å². The Morgan fingerprint density at radius 3 is 2.50 bits per heavy atom. The van der Waals surface area contributed by atoms with E-state index in [9.17, 15) is 18.4 Å². The topological polar surface area (TPSA) is 62.6 Å². The van der Waals surface area contributed by atoms with Gasteiger partial charge < -0.3 is 14.6 Å². The van der Waals surface area contributed by atoms with Gasteiger partial charge in [0.15, 0.2) is 22.1 Å². The highest BCUT2D eigenvalue weighted by Crippen LogP contribution is 2.33. The van der Waals surface area contributed by atoms with Gasteiger partial charge in [-0.05, 0) is 40.2 Å². The minimum Gasteiger partial charge on any atom is -0.444 e. The smallest absolute Gasteiger partial charge is 0.291 e. The molecule has 1 aromatic carbocycles. The summed E-state index contributed by atoms with van der Waals surface area (Å²) < 4.78 is 33.5. The van der Waals surface area contributed by atoms with E-state index in [-0.39, 0.29) is 48.8 Å². The molecule has 24 heavy (non-hydrogen) atoms. The Kier molecular flexibility index (Phi) is 4.66. The molecule has 0 radical (unpaired) electrons. The number of Topliss-reactive ketones (excluding diaryl/α,β-unsaturated/α-hetero) is 1. The molecule has 2 aromatic rings. The van der Waals surface area contributed by atoms with Crippen molar-refractivity contribution in [3.05, 3.63) is 46.3 Å². The number of benzene rings is 1. The van der Waals surface area contributed by atoms with Gasteiger partial charge in [0, 0.05) is 25.9 Å². The summed E-state index contributed by atoms with van der Waals surface area (Å²) >= 11 is 3.09. The number of ketones is 1. The van der Waals surface area contributed by atoms with Crippen molar-refractivity contribution in [3.8, 4) is 0 Å². The molecule has 1 saturated heterocycles. The van der Waals surface area contributed by atoms with Crippen molar-refractivity contribution < 1.29 is 22.8 Å². The Morgan fingerprint density at radius 2 is 1.88 bits per heavy atom. The fraction of sp³-hybridized carbons (Fsp3) is 0.250. The van der Waals surface area contributed by atoms with Crippen molar-refractivity contribution in [2.45, 2.75) is 12.8 Å². The number of anilines is 2. The molecular weight excluding hydrogens is 386 g/mol. The van der Waals surface area contributed by atoms with Crippen molar-refractivity contribution >= 4 is 39.0 Å². The molecule has 0 atom stereocenters. The van der Waals surface area contributed by atoms with Crippen LogP contribution in [-0.4, -0.2) is 24.8 Å². The maximum Gasteiger partial charge on any atom is 0.291 e. The van der Waals surface area contributed by atoms with Gasteiger partial charge in [-0.25, -0.2) is 8.78 Å². The average molecular weight is 399 g/mol. The number of carbonyl (C=O) groups is 2. The highest BCUT2D eigenvalue weighted by atomic mass is 79.9. The van der Waals surface area contributed by atoms with Gasteiger partial charge in [-0.2, -0.15) is 0 Å². The molecule has 0 spiro atoms. The summed E-state index contributed by atoms with van der Waals surface area (Å²) in [6.45, 7) is 0.544. The second kappa shape index (κ2) is 6.72. The van der Waals surface area contributed by atoms with Crippen molar-refractivity contribution in [3.63, 3.8) is 0 Å². The second-order valence-corrected chi connectivity index (χ2v) is 6.12. The van der Waals surface area contributed by atoms with Gasteiger partial charge in [0.25, 0.3) is 5.91 Å². The van der Waals surface area contributed by atoms with Gasteiger partial charge in [-0.1, -0.05) is 0 Å². The zero-order valence-electron chi connectivity index (χ0n) is 12.4. The van der Waals surface area contributed by atoms with Crippen LogP contribution in [0.5, 0.6) is 0 Å². The number of furan rings is 1. The first-order valence-electron chi connectivity index (χ1n) is 7.27. The van der Waals surface area contributed by atoms with Crippen LogP contribution in [0.2, 0.25) is 0 Å². The minimum atomic E-state index is -1.05. The van der Waals surface area contributed by atoms with Crippen LogP contribution in [0.25, 0.3) is 0 Å². The van der Waals surface area contributed by atoms with Crippen molar-refractivity contribution in [1.29, 1.82) is 0 Å². The maximum absolute atomic E-state index is 14.3. The number of hydrogen-bond acceptors (Lipinski definition) is 4. The van der Waals surface area contributed by atoms with Gasteiger partial charge in [-0.15, -0.1) is 0 Å². The molecule has 1 aliphatic rings. The number of nitrogens with one attached hydrogen (secondary N) is 1. The van der Waals surface area contributed by atoms with Crippen LogP contribution < -0.4 is 10.2 Å². The number of halogens is 3. The van der Waals surface area contributed by atoms with Crippen LogP contribution >= 0.6 is 15.9 Å². The molecule has 126 valence electrons. The number of rotatable bonds is 3. The van der Waals surface area contributed by atoms with E-state index in [0.717, 1.165) is 6.07 Å². The third-order valence-electron chi connectivity index (χ3n) is 3.75. The molecule has 0 unspecified atom stereocenters. The lowest BCUT2D eigenvalue weighted by atomic mass is 10.1. The van der Waals surface area contributed by atoms with Crippen molar-refractivity contribution in [2.75, 3.05) is 23.3 Å². The third kappa shape index (κ3) is 3.33. The lowest BCUT2D eigenvalue weighted by Gasteiger charge is -2.30. The van der Waals surface area contributed by atoms with Crippen LogP contribution in [0, 0.1) is 11.6 Å². The van der Waals surface area contributed by atoms with Gasteiger partial charge in [0.1, 0.15) is 11.5 Å². The molecule has 1 aliphatic heterocycles. The van der Waals surface area contributed by atoms with Gasteiger partial charge >= 0.3 is 0 Å². The number of piperidine rings is 1. The summed E-state index contributed by atoms with van der Waals surface area (Å²) in [6.07, 6.45) is 0.517. The van der Waals surface area contributed by atoms with Gasteiger partial charge in [0.05, 0.1) is 5.69 Å². The largest absolute Gasteiger partial charge is 0.444 e. The quantitative estimate of drug-likeness (QED) is 0.855. The molecular formula is C16H13BrF2N2O3. The molecule has 8 heteroatoms. The highest BCUT2D eigenvalue weighted by Gasteiger charge is 2.25. The molecule has 0 aliphatic carbocycles. The predicted molar refractivity (Wildman–Crippen MR) is 87.2 cm³/mol. The van der Waals surface area contributed by atoms with E-state index in [1.807, 2.05) is 0 Å². The number of hydrogen-bond donors (Lipinski definition) is 1. The van der Waals surface area contributed by atoms with Crippen molar-refractivity contribution in [2.24, 2.45) is 0 Å². The first-order chi connectivity index (χ1) is 11.5. The minimum absolute atomic E-state index is 0.0337. The fourth-order valence-corrected chi connectivity index (χ4v) is 2.86. The van der Waals surface area contributed by atoms with Crippen LogP contribution in [0.3, 0.4) is 0 Å².